The molecule has 0 amide bonds. The molecule has 0 unspecified atom stereocenters. The fourth-order valence-electron chi connectivity index (χ4n) is 1.60. The fraction of sp³-hybridized carbons (Fsp3) is 0.125. The molecule has 0 aliphatic heterocycles. The number of nitrogens with zero attached hydrogens (tertiary/aromatic N) is 1. The lowest BCUT2D eigenvalue weighted by Crippen LogP contribution is -2.05. The average Bonchev–Trinajstić information content (AvgIpc) is 2.52. The van der Waals surface area contributed by atoms with E-state index in [1.165, 1.54) is 0 Å². The molecule has 2 rings (SSSR count). The lowest BCUT2D eigenvalue weighted by atomic mass is 10.1. The smallest absolute Gasteiger partial charge is 0.339 e. The summed E-state index contributed by atoms with van der Waals surface area (Å²) in [5, 5.41) is 8.34. The molecule has 0 bridgehead atoms. The molecule has 0 fully saturated rings. The third-order valence-corrected chi connectivity index (χ3v) is 2.61. The number of benzene rings is 2. The summed E-state index contributed by atoms with van der Waals surface area (Å²) in [4.78, 5) is 11.5. The summed E-state index contributed by atoms with van der Waals surface area (Å²) in [5.74, 6) is 0.298. The number of carbonyl (C=O) groups is 1. The zero-order valence-electron chi connectivity index (χ0n) is 10.8. The Kier molecular flexibility index (Phi) is 4.74. The van der Waals surface area contributed by atoms with E-state index in [4.69, 9.17) is 14.7 Å². The van der Waals surface area contributed by atoms with E-state index in [1.54, 1.807) is 30.3 Å². The number of carbonyl (C=O) groups excluding carboxylic acids is 1. The van der Waals surface area contributed by atoms with E-state index in [0.29, 0.717) is 12.2 Å². The maximum absolute atomic E-state index is 11.5. The van der Waals surface area contributed by atoms with Crippen LogP contribution in [0, 0.1) is 11.3 Å². The Morgan fingerprint density at radius 3 is 2.40 bits per heavy atom. The van der Waals surface area contributed by atoms with Gasteiger partial charge in [-0.05, 0) is 29.8 Å². The van der Waals surface area contributed by atoms with Crippen LogP contribution in [0.5, 0.6) is 5.75 Å². The van der Waals surface area contributed by atoms with Crippen LogP contribution in [0.1, 0.15) is 15.9 Å². The van der Waals surface area contributed by atoms with Gasteiger partial charge >= 0.3 is 5.97 Å². The Hall–Kier alpha value is -2.80. The standard InChI is InChI=1S/C16H13NO3/c17-10-11-19-16(18)14-8-6-13(7-9-14)12-20-15-4-2-1-3-5-15/h1-9H,11-12H2. The van der Waals surface area contributed by atoms with Crippen molar-refractivity contribution in [1.82, 2.24) is 0 Å². The molecule has 4 heteroatoms. The van der Waals surface area contributed by atoms with Crippen LogP contribution >= 0.6 is 0 Å². The highest BCUT2D eigenvalue weighted by atomic mass is 16.5. The molecule has 0 saturated heterocycles. The van der Waals surface area contributed by atoms with E-state index >= 15 is 0 Å². The molecule has 0 radical (unpaired) electrons. The first-order valence-electron chi connectivity index (χ1n) is 6.10. The van der Waals surface area contributed by atoms with Gasteiger partial charge in [0.1, 0.15) is 18.4 Å². The fourth-order valence-corrected chi connectivity index (χ4v) is 1.60. The molecule has 0 heterocycles. The van der Waals surface area contributed by atoms with E-state index in [-0.39, 0.29) is 6.61 Å². The summed E-state index contributed by atoms with van der Waals surface area (Å²) in [6.07, 6.45) is 0. The zero-order chi connectivity index (χ0) is 14.2. The summed E-state index contributed by atoms with van der Waals surface area (Å²) in [6.45, 7) is 0.190. The van der Waals surface area contributed by atoms with Crippen LogP contribution in [0.25, 0.3) is 0 Å². The van der Waals surface area contributed by atoms with Crippen molar-refractivity contribution >= 4 is 5.97 Å². The van der Waals surface area contributed by atoms with Crippen LogP contribution in [-0.4, -0.2) is 12.6 Å². The predicted octanol–water partition coefficient (Wildman–Crippen LogP) is 2.95. The van der Waals surface area contributed by atoms with Crippen molar-refractivity contribution in [3.05, 3.63) is 65.7 Å². The van der Waals surface area contributed by atoms with Gasteiger partial charge in [0.2, 0.25) is 0 Å². The van der Waals surface area contributed by atoms with Crippen molar-refractivity contribution in [2.45, 2.75) is 6.61 Å². The van der Waals surface area contributed by atoms with Gasteiger partial charge in [0.15, 0.2) is 6.61 Å². The summed E-state index contributed by atoms with van der Waals surface area (Å²) >= 11 is 0. The molecule has 0 atom stereocenters. The van der Waals surface area contributed by atoms with Crippen LogP contribution in [-0.2, 0) is 11.3 Å². The normalized spacial score (nSPS) is 9.55. The van der Waals surface area contributed by atoms with Gasteiger partial charge in [0, 0.05) is 0 Å². The van der Waals surface area contributed by atoms with Gasteiger partial charge in [0.05, 0.1) is 5.56 Å². The largest absolute Gasteiger partial charge is 0.489 e. The van der Waals surface area contributed by atoms with Crippen LogP contribution in [0.15, 0.2) is 54.6 Å². The molecule has 0 saturated carbocycles. The molecule has 20 heavy (non-hydrogen) atoms. The molecule has 100 valence electrons. The molecule has 2 aromatic rings. The van der Waals surface area contributed by atoms with Crippen molar-refractivity contribution in [2.75, 3.05) is 6.61 Å². The van der Waals surface area contributed by atoms with E-state index in [2.05, 4.69) is 0 Å². The first-order valence-corrected chi connectivity index (χ1v) is 6.10. The first kappa shape index (κ1) is 13.6. The van der Waals surface area contributed by atoms with Gasteiger partial charge in [-0.2, -0.15) is 5.26 Å². The minimum absolute atomic E-state index is 0.238. The van der Waals surface area contributed by atoms with Gasteiger partial charge < -0.3 is 9.47 Å². The zero-order valence-corrected chi connectivity index (χ0v) is 10.8. The molecule has 0 N–H and O–H groups in total. The monoisotopic (exact) mass is 267 g/mol. The van der Waals surface area contributed by atoms with E-state index < -0.39 is 5.97 Å². The second kappa shape index (κ2) is 6.95. The van der Waals surface area contributed by atoms with Crippen molar-refractivity contribution in [2.24, 2.45) is 0 Å². The number of esters is 1. The number of hydrogen-bond acceptors (Lipinski definition) is 4. The van der Waals surface area contributed by atoms with Crippen molar-refractivity contribution in [3.63, 3.8) is 0 Å². The van der Waals surface area contributed by atoms with Crippen molar-refractivity contribution in [1.29, 1.82) is 5.26 Å². The molecule has 2 aromatic carbocycles. The summed E-state index contributed by atoms with van der Waals surface area (Å²) in [5.41, 5.74) is 1.37. The lowest BCUT2D eigenvalue weighted by Gasteiger charge is -2.06. The Morgan fingerprint density at radius 2 is 1.75 bits per heavy atom. The van der Waals surface area contributed by atoms with Crippen LogP contribution in [0.2, 0.25) is 0 Å². The summed E-state index contributed by atoms with van der Waals surface area (Å²) in [7, 11) is 0. The first-order chi connectivity index (χ1) is 9.79. The van der Waals surface area contributed by atoms with Gasteiger partial charge in [0.25, 0.3) is 0 Å². The molecular formula is C16H13NO3. The van der Waals surface area contributed by atoms with E-state index in [1.807, 2.05) is 30.3 Å². The number of hydrogen-bond donors (Lipinski definition) is 0. The van der Waals surface area contributed by atoms with Gasteiger partial charge in [-0.25, -0.2) is 4.79 Å². The second-order valence-electron chi connectivity index (χ2n) is 4.03. The SMILES string of the molecule is N#CCOC(=O)c1ccc(COc2ccccc2)cc1. The highest BCUT2D eigenvalue weighted by Crippen LogP contribution is 2.12. The number of para-hydroxylation sites is 1. The van der Waals surface area contributed by atoms with Gasteiger partial charge in [-0.3, -0.25) is 0 Å². The molecule has 4 nitrogen and oxygen atoms in total. The maximum atomic E-state index is 11.5. The molecule has 0 spiro atoms. The topological polar surface area (TPSA) is 59.3 Å². The highest BCUT2D eigenvalue weighted by molar-refractivity contribution is 5.89. The molecule has 0 aliphatic rings. The minimum atomic E-state index is -0.498. The highest BCUT2D eigenvalue weighted by Gasteiger charge is 2.06. The second-order valence-corrected chi connectivity index (χ2v) is 4.03. The van der Waals surface area contributed by atoms with Gasteiger partial charge in [-0.1, -0.05) is 30.3 Å². The average molecular weight is 267 g/mol. The van der Waals surface area contributed by atoms with Crippen LogP contribution in [0.3, 0.4) is 0 Å². The van der Waals surface area contributed by atoms with E-state index in [0.717, 1.165) is 11.3 Å². The Bertz CT molecular complexity index is 600. The minimum Gasteiger partial charge on any atom is -0.489 e. The Morgan fingerprint density at radius 1 is 1.05 bits per heavy atom. The van der Waals surface area contributed by atoms with Crippen molar-refractivity contribution in [3.8, 4) is 11.8 Å². The quantitative estimate of drug-likeness (QED) is 0.781. The predicted molar refractivity (Wildman–Crippen MR) is 73.1 cm³/mol. The van der Waals surface area contributed by atoms with E-state index in [9.17, 15) is 4.79 Å². The van der Waals surface area contributed by atoms with Crippen LogP contribution < -0.4 is 4.74 Å². The lowest BCUT2D eigenvalue weighted by molar-refractivity contribution is 0.0555. The molecular weight excluding hydrogens is 254 g/mol. The third kappa shape index (κ3) is 3.85. The molecule has 0 aromatic heterocycles. The number of ether oxygens (including phenoxy) is 2. The molecule has 0 aliphatic carbocycles. The summed E-state index contributed by atoms with van der Waals surface area (Å²) < 4.78 is 10.3. The maximum Gasteiger partial charge on any atom is 0.339 e. The number of rotatable bonds is 5. The summed E-state index contributed by atoms with van der Waals surface area (Å²) in [6, 6.07) is 18.2. The Labute approximate surface area is 117 Å². The van der Waals surface area contributed by atoms with Crippen molar-refractivity contribution < 1.29 is 14.3 Å². The Balaban J connectivity index is 1.92. The van der Waals surface area contributed by atoms with Crippen LogP contribution in [0.4, 0.5) is 0 Å². The third-order valence-electron chi connectivity index (χ3n) is 2.61. The van der Waals surface area contributed by atoms with Gasteiger partial charge in [-0.15, -0.1) is 0 Å². The number of nitriles is 1.